The van der Waals surface area contributed by atoms with Crippen molar-refractivity contribution in [2.24, 2.45) is 0 Å². The first-order chi connectivity index (χ1) is 12.5. The van der Waals surface area contributed by atoms with Crippen LogP contribution in [0.3, 0.4) is 0 Å². The first kappa shape index (κ1) is 18.5. The Morgan fingerprint density at radius 2 is 2.04 bits per heavy atom. The number of sulfone groups is 1. The van der Waals surface area contributed by atoms with E-state index in [0.29, 0.717) is 24.2 Å². The smallest absolute Gasteiger partial charge is 0.293 e. The maximum atomic E-state index is 12.9. The van der Waals surface area contributed by atoms with Crippen molar-refractivity contribution in [3.8, 4) is 5.75 Å². The monoisotopic (exact) mass is 373 g/mol. The second-order valence-electron chi connectivity index (χ2n) is 6.52. The summed E-state index contributed by atoms with van der Waals surface area (Å²) in [6.45, 7) is 4.02. The van der Waals surface area contributed by atoms with Crippen LogP contribution in [0.1, 0.15) is 41.3 Å². The van der Waals surface area contributed by atoms with E-state index < -0.39 is 15.1 Å². The third-order valence-electron chi connectivity index (χ3n) is 4.75. The fourth-order valence-electron chi connectivity index (χ4n) is 3.53. The number of unbranched alkanes of at least 4 members (excludes halogenated alkanes) is 1. The second-order valence-corrected chi connectivity index (χ2v) is 8.70. The molecule has 0 N–H and O–H groups in total. The highest BCUT2D eigenvalue weighted by atomic mass is 32.2. The zero-order valence-corrected chi connectivity index (χ0v) is 15.7. The van der Waals surface area contributed by atoms with Gasteiger partial charge in [0.1, 0.15) is 5.25 Å². The number of ether oxygens (including phenoxy) is 1. The van der Waals surface area contributed by atoms with E-state index in [-0.39, 0.29) is 17.1 Å². The van der Waals surface area contributed by atoms with Gasteiger partial charge in [-0.05, 0) is 36.5 Å². The molecule has 138 valence electrons. The summed E-state index contributed by atoms with van der Waals surface area (Å²) < 4.78 is 32.3. The molecule has 1 aliphatic rings. The van der Waals surface area contributed by atoms with Gasteiger partial charge in [-0.25, -0.2) is 8.42 Å². The van der Waals surface area contributed by atoms with Gasteiger partial charge in [0.25, 0.3) is 5.56 Å². The molecular weight excluding hydrogens is 350 g/mol. The zero-order valence-electron chi connectivity index (χ0n) is 14.8. The summed E-state index contributed by atoms with van der Waals surface area (Å²) >= 11 is 0. The molecule has 0 saturated carbocycles. The van der Waals surface area contributed by atoms with Crippen molar-refractivity contribution >= 4 is 9.84 Å². The highest BCUT2D eigenvalue weighted by molar-refractivity contribution is 7.91. The molecule has 5 nitrogen and oxygen atoms in total. The van der Waals surface area contributed by atoms with E-state index in [2.05, 4.69) is 6.58 Å². The minimum Gasteiger partial charge on any atom is -0.491 e. The fraction of sp³-hybridized carbons (Fsp3) is 0.350. The van der Waals surface area contributed by atoms with E-state index in [1.165, 1.54) is 7.11 Å². The van der Waals surface area contributed by atoms with Gasteiger partial charge in [0.2, 0.25) is 0 Å². The lowest BCUT2D eigenvalue weighted by Crippen LogP contribution is -2.27. The average molecular weight is 373 g/mol. The van der Waals surface area contributed by atoms with Crippen molar-refractivity contribution < 1.29 is 13.2 Å². The third-order valence-corrected chi connectivity index (χ3v) is 6.79. The van der Waals surface area contributed by atoms with Crippen LogP contribution >= 0.6 is 0 Å². The van der Waals surface area contributed by atoms with E-state index in [1.54, 1.807) is 16.7 Å². The molecular formula is C20H23NO4S. The summed E-state index contributed by atoms with van der Waals surface area (Å²) in [5, 5.41) is -0.653. The Morgan fingerprint density at radius 1 is 1.31 bits per heavy atom. The molecule has 0 bridgehead atoms. The molecule has 26 heavy (non-hydrogen) atoms. The maximum absolute atomic E-state index is 12.9. The minimum atomic E-state index is -3.33. The number of allylic oxidation sites excluding steroid dienone is 1. The average Bonchev–Trinajstić information content (AvgIpc) is 2.88. The van der Waals surface area contributed by atoms with E-state index in [1.807, 2.05) is 30.3 Å². The van der Waals surface area contributed by atoms with Gasteiger partial charge in [0.15, 0.2) is 15.6 Å². The van der Waals surface area contributed by atoms with Gasteiger partial charge in [-0.3, -0.25) is 4.79 Å². The molecule has 0 aliphatic carbocycles. The molecule has 1 aliphatic heterocycles. The van der Waals surface area contributed by atoms with Crippen LogP contribution in [-0.4, -0.2) is 20.1 Å². The molecule has 0 fully saturated rings. The SMILES string of the molecule is C=CCCCC1c2c(cc(OC)c(=O)n2Cc2ccccc2)CS1(=O)=O. The number of benzene rings is 1. The third kappa shape index (κ3) is 3.46. The van der Waals surface area contributed by atoms with Crippen LogP contribution in [-0.2, 0) is 22.1 Å². The molecule has 0 radical (unpaired) electrons. The van der Waals surface area contributed by atoms with E-state index in [0.717, 1.165) is 18.4 Å². The molecule has 0 spiro atoms. The lowest BCUT2D eigenvalue weighted by molar-refractivity contribution is 0.401. The van der Waals surface area contributed by atoms with Crippen molar-refractivity contribution in [3.63, 3.8) is 0 Å². The Balaban J connectivity index is 2.13. The fourth-order valence-corrected chi connectivity index (χ4v) is 5.54. The molecule has 1 aromatic heterocycles. The van der Waals surface area contributed by atoms with Crippen molar-refractivity contribution in [3.05, 3.63) is 76.2 Å². The number of hydrogen-bond acceptors (Lipinski definition) is 4. The van der Waals surface area contributed by atoms with Gasteiger partial charge in [-0.2, -0.15) is 0 Å². The van der Waals surface area contributed by atoms with Crippen LogP contribution in [0.4, 0.5) is 0 Å². The summed E-state index contributed by atoms with van der Waals surface area (Å²) in [5.74, 6) is 0.133. The number of pyridine rings is 1. The summed E-state index contributed by atoms with van der Waals surface area (Å²) in [6.07, 6.45) is 3.74. The molecule has 3 rings (SSSR count). The maximum Gasteiger partial charge on any atom is 0.293 e. The first-order valence-electron chi connectivity index (χ1n) is 8.65. The Kier molecular flexibility index (Phi) is 5.32. The molecule has 0 saturated heterocycles. The van der Waals surface area contributed by atoms with Crippen LogP contribution in [0.2, 0.25) is 0 Å². The Morgan fingerprint density at radius 3 is 2.69 bits per heavy atom. The van der Waals surface area contributed by atoms with E-state index in [4.69, 9.17) is 4.74 Å². The summed E-state index contributed by atoms with van der Waals surface area (Å²) in [4.78, 5) is 12.9. The topological polar surface area (TPSA) is 65.4 Å². The van der Waals surface area contributed by atoms with Crippen LogP contribution in [0.5, 0.6) is 5.75 Å². The van der Waals surface area contributed by atoms with Crippen LogP contribution in [0, 0.1) is 0 Å². The van der Waals surface area contributed by atoms with Gasteiger partial charge in [0, 0.05) is 5.69 Å². The predicted molar refractivity (Wildman–Crippen MR) is 102 cm³/mol. The number of nitrogens with zero attached hydrogens (tertiary/aromatic N) is 1. The van der Waals surface area contributed by atoms with Crippen LogP contribution in [0.15, 0.2) is 53.8 Å². The second kappa shape index (κ2) is 7.50. The van der Waals surface area contributed by atoms with Gasteiger partial charge < -0.3 is 9.30 Å². The summed E-state index contributed by atoms with van der Waals surface area (Å²) in [6, 6.07) is 11.1. The molecule has 1 unspecified atom stereocenters. The molecule has 1 atom stereocenters. The quantitative estimate of drug-likeness (QED) is 0.552. The Bertz CT molecular complexity index is 961. The van der Waals surface area contributed by atoms with Crippen molar-refractivity contribution in [1.29, 1.82) is 0 Å². The summed E-state index contributed by atoms with van der Waals surface area (Å²) in [7, 11) is -1.90. The van der Waals surface area contributed by atoms with Gasteiger partial charge >= 0.3 is 0 Å². The van der Waals surface area contributed by atoms with E-state index >= 15 is 0 Å². The van der Waals surface area contributed by atoms with Crippen LogP contribution < -0.4 is 10.3 Å². The van der Waals surface area contributed by atoms with Crippen LogP contribution in [0.25, 0.3) is 0 Å². The lowest BCUT2D eigenvalue weighted by atomic mass is 10.1. The Labute approximate surface area is 153 Å². The molecule has 2 aromatic rings. The predicted octanol–water partition coefficient (Wildman–Crippen LogP) is 3.23. The van der Waals surface area contributed by atoms with Gasteiger partial charge in [-0.1, -0.05) is 36.4 Å². The number of aromatic nitrogens is 1. The molecule has 0 amide bonds. The first-order valence-corrected chi connectivity index (χ1v) is 10.4. The molecule has 1 aromatic carbocycles. The highest BCUT2D eigenvalue weighted by Crippen LogP contribution is 2.40. The summed E-state index contributed by atoms with van der Waals surface area (Å²) in [5.41, 5.74) is 1.94. The van der Waals surface area contributed by atoms with Gasteiger partial charge in [0.05, 0.1) is 19.4 Å². The molecule has 6 heteroatoms. The largest absolute Gasteiger partial charge is 0.491 e. The number of fused-ring (bicyclic) bond motifs is 1. The highest BCUT2D eigenvalue weighted by Gasteiger charge is 2.39. The van der Waals surface area contributed by atoms with E-state index in [9.17, 15) is 13.2 Å². The van der Waals surface area contributed by atoms with Crippen molar-refractivity contribution in [2.75, 3.05) is 7.11 Å². The van der Waals surface area contributed by atoms with Crippen molar-refractivity contribution in [2.45, 2.75) is 36.8 Å². The normalized spacial score (nSPS) is 17.7. The standard InChI is InChI=1S/C20H23NO4S/c1-3-4-6-11-18-19-16(14-26(18,23)24)12-17(25-2)20(22)21(19)13-15-9-7-5-8-10-15/h3,5,7-10,12,18H,1,4,6,11,13-14H2,2H3. The number of rotatable bonds is 7. The zero-order chi connectivity index (χ0) is 18.7. The number of hydrogen-bond donors (Lipinski definition) is 0. The number of methoxy groups -OCH3 is 1. The lowest BCUT2D eigenvalue weighted by Gasteiger charge is -2.18. The Hall–Kier alpha value is -2.34. The molecule has 2 heterocycles. The van der Waals surface area contributed by atoms with Gasteiger partial charge in [-0.15, -0.1) is 6.58 Å². The van der Waals surface area contributed by atoms with Crippen molar-refractivity contribution in [1.82, 2.24) is 4.57 Å². The minimum absolute atomic E-state index is 0.0491.